The standard InChI is InChI=1S/C24H23FN4O3S.C2H7N.C2H6/c1-15-2-7-20(19(25)12-15)27-22-18-13-26-9-8-21(18)29(14-16-3-5-17(33)6-4-16)23(22)24(31)28-32-11-10-30;1-3-2;1-2/h2-9,12-13,27,30,33H,10-11,14H2,1H3,(H,28,31);3H,1-2H3;1-2H3. The van der Waals surface area contributed by atoms with Gasteiger partial charge in [-0.25, -0.2) is 9.87 Å². The third-order valence-electron chi connectivity index (χ3n) is 5.10. The van der Waals surface area contributed by atoms with E-state index in [2.05, 4.69) is 33.7 Å². The molecule has 2 aromatic heterocycles. The Morgan fingerprint density at radius 1 is 1.13 bits per heavy atom. The first-order chi connectivity index (χ1) is 18.4. The van der Waals surface area contributed by atoms with Crippen LogP contribution < -0.4 is 16.1 Å². The van der Waals surface area contributed by atoms with Gasteiger partial charge < -0.3 is 20.3 Å². The Bertz CT molecular complexity index is 1310. The highest BCUT2D eigenvalue weighted by atomic mass is 32.1. The predicted octanol–water partition coefficient (Wildman–Crippen LogP) is 5.08. The van der Waals surface area contributed by atoms with Gasteiger partial charge in [0, 0.05) is 29.2 Å². The summed E-state index contributed by atoms with van der Waals surface area (Å²) in [5, 5.41) is 15.5. The van der Waals surface area contributed by atoms with Crippen molar-refractivity contribution >= 4 is 40.8 Å². The van der Waals surface area contributed by atoms with Crippen molar-refractivity contribution in [2.75, 3.05) is 32.6 Å². The van der Waals surface area contributed by atoms with Gasteiger partial charge >= 0.3 is 0 Å². The molecule has 0 aliphatic heterocycles. The highest BCUT2D eigenvalue weighted by Gasteiger charge is 2.24. The normalized spacial score (nSPS) is 10.2. The molecule has 0 saturated carbocycles. The van der Waals surface area contributed by atoms with Gasteiger partial charge in [-0.2, -0.15) is 0 Å². The minimum atomic E-state index is -0.541. The van der Waals surface area contributed by atoms with Crippen LogP contribution >= 0.6 is 12.6 Å². The SMILES string of the molecule is CC.CNC.Cc1ccc(Nc2c(C(=O)NOCCO)n(Cc3ccc(S)cc3)c3ccncc23)c(F)c1. The third kappa shape index (κ3) is 8.03. The van der Waals surface area contributed by atoms with Crippen molar-refractivity contribution in [1.29, 1.82) is 0 Å². The molecule has 0 aliphatic rings. The van der Waals surface area contributed by atoms with E-state index in [9.17, 15) is 9.18 Å². The lowest BCUT2D eigenvalue weighted by atomic mass is 10.2. The average molecular weight is 542 g/mol. The number of anilines is 2. The maximum atomic E-state index is 14.7. The number of hydrogen-bond donors (Lipinski definition) is 5. The van der Waals surface area contributed by atoms with E-state index in [1.807, 2.05) is 56.8 Å². The number of pyridine rings is 1. The van der Waals surface area contributed by atoms with Crippen LogP contribution in [0.15, 0.2) is 65.8 Å². The largest absolute Gasteiger partial charge is 0.394 e. The summed E-state index contributed by atoms with van der Waals surface area (Å²) in [7, 11) is 3.75. The highest BCUT2D eigenvalue weighted by molar-refractivity contribution is 7.80. The molecule has 4 rings (SSSR count). The number of thiol groups is 1. The minimum absolute atomic E-state index is 0.0632. The summed E-state index contributed by atoms with van der Waals surface area (Å²) in [6.45, 7) is 5.86. The summed E-state index contributed by atoms with van der Waals surface area (Å²) in [4.78, 5) is 23.3. The van der Waals surface area contributed by atoms with Crippen molar-refractivity contribution in [2.24, 2.45) is 0 Å². The Kier molecular flexibility index (Phi) is 12.7. The van der Waals surface area contributed by atoms with Crippen LogP contribution in [0, 0.1) is 12.7 Å². The molecule has 4 N–H and O–H groups in total. The lowest BCUT2D eigenvalue weighted by molar-refractivity contribution is 0.0163. The number of benzene rings is 2. The van der Waals surface area contributed by atoms with Gasteiger partial charge in [0.05, 0.1) is 30.1 Å². The van der Waals surface area contributed by atoms with Gasteiger partial charge in [-0.15, -0.1) is 12.6 Å². The van der Waals surface area contributed by atoms with Crippen LogP contribution in [-0.2, 0) is 11.4 Å². The number of carbonyl (C=O) groups excluding carboxylic acids is 1. The number of halogens is 1. The van der Waals surface area contributed by atoms with Crippen molar-refractivity contribution in [2.45, 2.75) is 32.2 Å². The number of aromatic nitrogens is 2. The molecule has 4 aromatic rings. The Balaban J connectivity index is 0.000000947. The maximum Gasteiger partial charge on any atom is 0.293 e. The van der Waals surface area contributed by atoms with E-state index in [1.165, 1.54) is 6.07 Å². The maximum absolute atomic E-state index is 14.7. The van der Waals surface area contributed by atoms with Crippen LogP contribution in [0.3, 0.4) is 0 Å². The van der Waals surface area contributed by atoms with Crippen molar-refractivity contribution in [3.63, 3.8) is 0 Å². The lowest BCUT2D eigenvalue weighted by Crippen LogP contribution is -2.28. The number of aliphatic hydroxyl groups is 1. The molecule has 0 atom stereocenters. The monoisotopic (exact) mass is 541 g/mol. The molecule has 2 aromatic carbocycles. The van der Waals surface area contributed by atoms with Gasteiger partial charge in [0.15, 0.2) is 0 Å². The third-order valence-corrected chi connectivity index (χ3v) is 5.40. The van der Waals surface area contributed by atoms with Gasteiger partial charge in [-0.05, 0) is 62.5 Å². The van der Waals surface area contributed by atoms with E-state index in [0.717, 1.165) is 21.5 Å². The van der Waals surface area contributed by atoms with Crippen molar-refractivity contribution in [3.05, 3.63) is 83.6 Å². The number of nitrogens with zero attached hydrogens (tertiary/aromatic N) is 2. The summed E-state index contributed by atoms with van der Waals surface area (Å²) in [5.74, 6) is -0.979. The van der Waals surface area contributed by atoms with Crippen molar-refractivity contribution in [1.82, 2.24) is 20.3 Å². The molecule has 10 heteroatoms. The molecule has 1 amide bonds. The second kappa shape index (κ2) is 15.7. The highest BCUT2D eigenvalue weighted by Crippen LogP contribution is 2.34. The topological polar surface area (TPSA) is 100 Å². The molecule has 0 spiro atoms. The average Bonchev–Trinajstić information content (AvgIpc) is 3.22. The van der Waals surface area contributed by atoms with E-state index in [-0.39, 0.29) is 24.6 Å². The summed E-state index contributed by atoms with van der Waals surface area (Å²) in [6, 6.07) is 14.2. The minimum Gasteiger partial charge on any atom is -0.394 e. The molecule has 0 saturated heterocycles. The zero-order valence-electron chi connectivity index (χ0n) is 22.4. The number of carbonyl (C=O) groups is 1. The second-order valence-electron chi connectivity index (χ2n) is 7.98. The van der Waals surface area contributed by atoms with Crippen LogP contribution in [0.1, 0.15) is 35.5 Å². The quantitative estimate of drug-likeness (QED) is 0.121. The molecule has 0 aliphatic carbocycles. The fraction of sp³-hybridized carbons (Fsp3) is 0.286. The Morgan fingerprint density at radius 3 is 2.45 bits per heavy atom. The second-order valence-corrected chi connectivity index (χ2v) is 8.50. The molecule has 38 heavy (non-hydrogen) atoms. The summed E-state index contributed by atoms with van der Waals surface area (Å²) >= 11 is 4.33. The van der Waals surface area contributed by atoms with Gasteiger partial charge in [-0.3, -0.25) is 14.6 Å². The van der Waals surface area contributed by atoms with Gasteiger partial charge in [0.1, 0.15) is 11.5 Å². The molecule has 8 nitrogen and oxygen atoms in total. The number of rotatable bonds is 8. The van der Waals surface area contributed by atoms with E-state index in [0.29, 0.717) is 17.6 Å². The number of aryl methyl sites for hydroxylation is 1. The van der Waals surface area contributed by atoms with Crippen LogP contribution in [0.2, 0.25) is 0 Å². The smallest absolute Gasteiger partial charge is 0.293 e. The first kappa shape index (κ1) is 30.8. The van der Waals surface area contributed by atoms with Crippen LogP contribution in [0.25, 0.3) is 10.9 Å². The van der Waals surface area contributed by atoms with Gasteiger partial charge in [0.25, 0.3) is 5.91 Å². The van der Waals surface area contributed by atoms with Gasteiger partial charge in [0.2, 0.25) is 0 Å². The van der Waals surface area contributed by atoms with Crippen LogP contribution in [0.4, 0.5) is 15.8 Å². The zero-order valence-corrected chi connectivity index (χ0v) is 23.3. The lowest BCUT2D eigenvalue weighted by Gasteiger charge is -2.14. The molecular formula is C28H36FN5O3S. The summed E-state index contributed by atoms with van der Waals surface area (Å²) in [5.41, 5.74) is 5.70. The van der Waals surface area contributed by atoms with Gasteiger partial charge in [-0.1, -0.05) is 32.0 Å². The number of aliphatic hydroxyl groups excluding tert-OH is 1. The van der Waals surface area contributed by atoms with Crippen LogP contribution in [-0.4, -0.2) is 47.9 Å². The number of fused-ring (bicyclic) bond motifs is 1. The van der Waals surface area contributed by atoms with Crippen molar-refractivity contribution < 1.29 is 19.1 Å². The number of hydroxylamine groups is 1. The summed E-state index contributed by atoms with van der Waals surface area (Å²) < 4.78 is 16.5. The van der Waals surface area contributed by atoms with E-state index >= 15 is 0 Å². The fourth-order valence-electron chi connectivity index (χ4n) is 3.58. The van der Waals surface area contributed by atoms with Crippen molar-refractivity contribution in [3.8, 4) is 0 Å². The Morgan fingerprint density at radius 2 is 1.82 bits per heavy atom. The van der Waals surface area contributed by atoms with E-state index in [1.54, 1.807) is 37.5 Å². The summed E-state index contributed by atoms with van der Waals surface area (Å²) in [6.07, 6.45) is 3.26. The predicted molar refractivity (Wildman–Crippen MR) is 154 cm³/mol. The number of amides is 1. The molecule has 2 heterocycles. The number of hydrogen-bond acceptors (Lipinski definition) is 7. The van der Waals surface area contributed by atoms with E-state index < -0.39 is 11.7 Å². The van der Waals surface area contributed by atoms with Crippen LogP contribution in [0.5, 0.6) is 0 Å². The molecule has 0 unspecified atom stereocenters. The Labute approximate surface area is 228 Å². The molecule has 0 bridgehead atoms. The molecule has 0 radical (unpaired) electrons. The molecule has 0 fully saturated rings. The first-order valence-electron chi connectivity index (χ1n) is 12.3. The molecule has 204 valence electrons. The molecular weight excluding hydrogens is 505 g/mol. The Hall–Kier alpha value is -3.44. The fourth-order valence-corrected chi connectivity index (χ4v) is 3.72. The van der Waals surface area contributed by atoms with E-state index in [4.69, 9.17) is 9.94 Å². The number of nitrogens with one attached hydrogen (secondary N) is 3. The zero-order chi connectivity index (χ0) is 28.1. The first-order valence-corrected chi connectivity index (χ1v) is 12.7.